The minimum Gasteiger partial charge on any atom is -0.479 e. The third-order valence-corrected chi connectivity index (χ3v) is 5.86. The van der Waals surface area contributed by atoms with Gasteiger partial charge >= 0.3 is 11.9 Å². The summed E-state index contributed by atoms with van der Waals surface area (Å²) >= 11 is 0. The van der Waals surface area contributed by atoms with Crippen LogP contribution in [0.1, 0.15) is 109 Å². The van der Waals surface area contributed by atoms with E-state index in [9.17, 15) is 9.59 Å². The van der Waals surface area contributed by atoms with Crippen LogP contribution in [0.15, 0.2) is 30.3 Å². The van der Waals surface area contributed by atoms with Gasteiger partial charge in [-0.15, -0.1) is 0 Å². The molecule has 0 fully saturated rings. The maximum Gasteiger partial charge on any atom is 0.345 e. The van der Waals surface area contributed by atoms with Gasteiger partial charge in [0.1, 0.15) is 0 Å². The van der Waals surface area contributed by atoms with Crippen molar-refractivity contribution in [2.24, 2.45) is 0 Å². The van der Waals surface area contributed by atoms with Gasteiger partial charge in [-0.2, -0.15) is 0 Å². The first-order chi connectivity index (χ1) is 15.5. The normalized spacial score (nSPS) is 12.9. The summed E-state index contributed by atoms with van der Waals surface area (Å²) in [5.41, 5.74) is 1.25. The Labute approximate surface area is 194 Å². The maximum absolute atomic E-state index is 11.0. The number of hydrogen-bond acceptors (Lipinski definition) is 4. The Bertz CT molecular complexity index is 601. The van der Waals surface area contributed by atoms with Gasteiger partial charge in [-0.3, -0.25) is 4.79 Å². The molecule has 1 aromatic carbocycles. The molecule has 32 heavy (non-hydrogen) atoms. The van der Waals surface area contributed by atoms with Crippen LogP contribution in [-0.2, 0) is 25.7 Å². The Balaban J connectivity index is 1.90. The summed E-state index contributed by atoms with van der Waals surface area (Å²) in [6, 6.07) is 10.4. The number of rotatable bonds is 20. The number of carbonyl (C=O) groups excluding carboxylic acids is 1. The summed E-state index contributed by atoms with van der Waals surface area (Å²) in [5, 5.41) is 9.02. The van der Waals surface area contributed by atoms with Crippen molar-refractivity contribution in [2.75, 3.05) is 0 Å². The molecule has 0 aromatic heterocycles. The van der Waals surface area contributed by atoms with Gasteiger partial charge in [0.25, 0.3) is 0 Å². The van der Waals surface area contributed by atoms with Crippen LogP contribution in [0.3, 0.4) is 0 Å². The van der Waals surface area contributed by atoms with Gasteiger partial charge < -0.3 is 14.6 Å². The Morgan fingerprint density at radius 1 is 0.812 bits per heavy atom. The third kappa shape index (κ3) is 15.0. The molecule has 0 aliphatic carbocycles. The summed E-state index contributed by atoms with van der Waals surface area (Å²) in [6.07, 6.45) is 15.1. The van der Waals surface area contributed by atoms with Gasteiger partial charge in [-0.1, -0.05) is 101 Å². The Morgan fingerprint density at radius 2 is 1.31 bits per heavy atom. The first-order valence-electron chi connectivity index (χ1n) is 12.6. The van der Waals surface area contributed by atoms with Crippen molar-refractivity contribution < 1.29 is 24.2 Å². The fourth-order valence-electron chi connectivity index (χ4n) is 3.92. The number of carboxylic acids is 1. The van der Waals surface area contributed by atoms with Crippen LogP contribution in [0.4, 0.5) is 0 Å². The minimum atomic E-state index is -1.05. The lowest BCUT2D eigenvalue weighted by Gasteiger charge is -2.16. The van der Waals surface area contributed by atoms with E-state index < -0.39 is 18.0 Å². The van der Waals surface area contributed by atoms with Gasteiger partial charge in [0, 0.05) is 6.92 Å². The largest absolute Gasteiger partial charge is 0.479 e. The molecule has 1 rings (SSSR count). The summed E-state index contributed by atoms with van der Waals surface area (Å²) in [5.74, 6) is -1.58. The number of carboxylic acid groups (broad SMARTS) is 1. The van der Waals surface area contributed by atoms with E-state index in [0.717, 1.165) is 32.1 Å². The molecule has 0 radical (unpaired) electrons. The van der Waals surface area contributed by atoms with E-state index >= 15 is 0 Å². The molecular weight excluding hydrogens is 404 g/mol. The SMILES string of the molecule is CCC(CCCCCCCCCCCCCC(OC(C)=O)C(=O)O)OCc1ccccc1. The number of carbonyl (C=O) groups is 2. The molecule has 1 aromatic rings. The van der Waals surface area contributed by atoms with Crippen molar-refractivity contribution in [1.82, 2.24) is 0 Å². The third-order valence-electron chi connectivity index (χ3n) is 5.86. The van der Waals surface area contributed by atoms with Crippen molar-refractivity contribution >= 4 is 11.9 Å². The lowest BCUT2D eigenvalue weighted by molar-refractivity contribution is -0.163. The van der Waals surface area contributed by atoms with E-state index in [1.807, 2.05) is 6.07 Å². The standard InChI is InChI=1S/C27H44O5/c1-3-25(31-22-24-18-14-13-15-19-24)20-16-11-9-7-5-4-6-8-10-12-17-21-26(27(29)30)32-23(2)28/h13-15,18-19,25-26H,3-12,16-17,20-22H2,1-2H3,(H,29,30). The zero-order valence-electron chi connectivity index (χ0n) is 20.2. The van der Waals surface area contributed by atoms with E-state index in [4.69, 9.17) is 14.6 Å². The minimum absolute atomic E-state index is 0.370. The average molecular weight is 449 g/mol. The molecule has 0 spiro atoms. The predicted octanol–water partition coefficient (Wildman–Crippen LogP) is 7.07. The molecule has 2 atom stereocenters. The Morgan fingerprint density at radius 3 is 1.78 bits per heavy atom. The van der Waals surface area contributed by atoms with Crippen LogP contribution in [0.25, 0.3) is 0 Å². The van der Waals surface area contributed by atoms with Crippen molar-refractivity contribution in [2.45, 2.75) is 123 Å². The van der Waals surface area contributed by atoms with E-state index in [-0.39, 0.29) is 0 Å². The van der Waals surface area contributed by atoms with Gasteiger partial charge in [-0.05, 0) is 31.2 Å². The fourth-order valence-corrected chi connectivity index (χ4v) is 3.92. The molecule has 2 unspecified atom stereocenters. The van der Waals surface area contributed by atoms with Gasteiger partial charge in [-0.25, -0.2) is 4.79 Å². The second-order valence-corrected chi connectivity index (χ2v) is 8.73. The quantitative estimate of drug-likeness (QED) is 0.171. The van der Waals surface area contributed by atoms with Crippen LogP contribution in [-0.4, -0.2) is 29.3 Å². The van der Waals surface area contributed by atoms with Crippen molar-refractivity contribution in [3.8, 4) is 0 Å². The van der Waals surface area contributed by atoms with Crippen LogP contribution >= 0.6 is 0 Å². The molecule has 0 aliphatic heterocycles. The number of esters is 1. The number of unbranched alkanes of at least 4 members (excludes halogenated alkanes) is 10. The van der Waals surface area contributed by atoms with Crippen LogP contribution in [0.2, 0.25) is 0 Å². The van der Waals surface area contributed by atoms with E-state index in [0.29, 0.717) is 19.1 Å². The van der Waals surface area contributed by atoms with E-state index in [1.165, 1.54) is 63.9 Å². The molecule has 0 heterocycles. The lowest BCUT2D eigenvalue weighted by Crippen LogP contribution is -2.25. The molecule has 0 saturated heterocycles. The Kier molecular flexibility index (Phi) is 16.4. The number of benzene rings is 1. The summed E-state index contributed by atoms with van der Waals surface area (Å²) in [7, 11) is 0. The zero-order chi connectivity index (χ0) is 23.4. The summed E-state index contributed by atoms with van der Waals surface area (Å²) in [6.45, 7) is 4.17. The topological polar surface area (TPSA) is 72.8 Å². The van der Waals surface area contributed by atoms with Crippen molar-refractivity contribution in [3.63, 3.8) is 0 Å². The van der Waals surface area contributed by atoms with Gasteiger partial charge in [0.15, 0.2) is 6.10 Å². The number of hydrogen-bond donors (Lipinski definition) is 1. The predicted molar refractivity (Wildman–Crippen MR) is 129 cm³/mol. The van der Waals surface area contributed by atoms with Crippen molar-refractivity contribution in [3.05, 3.63) is 35.9 Å². The molecule has 0 amide bonds. The molecule has 0 saturated carbocycles. The van der Waals surface area contributed by atoms with E-state index in [2.05, 4.69) is 31.2 Å². The first-order valence-corrected chi connectivity index (χ1v) is 12.6. The maximum atomic E-state index is 11.0. The molecule has 0 aliphatic rings. The molecule has 1 N–H and O–H groups in total. The van der Waals surface area contributed by atoms with Gasteiger partial charge in [0.05, 0.1) is 12.7 Å². The molecule has 5 heteroatoms. The molecule has 0 bridgehead atoms. The molecule has 182 valence electrons. The fraction of sp³-hybridized carbons (Fsp3) is 0.704. The first kappa shape index (κ1) is 28.2. The summed E-state index contributed by atoms with van der Waals surface area (Å²) < 4.78 is 10.9. The highest BCUT2D eigenvalue weighted by Gasteiger charge is 2.19. The van der Waals surface area contributed by atoms with Gasteiger partial charge in [0.2, 0.25) is 0 Å². The van der Waals surface area contributed by atoms with Crippen LogP contribution in [0.5, 0.6) is 0 Å². The molecule has 5 nitrogen and oxygen atoms in total. The number of aliphatic carboxylic acids is 1. The highest BCUT2D eigenvalue weighted by Crippen LogP contribution is 2.16. The van der Waals surface area contributed by atoms with Crippen molar-refractivity contribution in [1.29, 1.82) is 0 Å². The highest BCUT2D eigenvalue weighted by atomic mass is 16.6. The zero-order valence-corrected chi connectivity index (χ0v) is 20.2. The van der Waals surface area contributed by atoms with E-state index in [1.54, 1.807) is 0 Å². The monoisotopic (exact) mass is 448 g/mol. The second-order valence-electron chi connectivity index (χ2n) is 8.73. The average Bonchev–Trinajstić information content (AvgIpc) is 2.78. The molecular formula is C27H44O5. The van der Waals surface area contributed by atoms with Crippen LogP contribution in [0, 0.1) is 0 Å². The van der Waals surface area contributed by atoms with Crippen LogP contribution < -0.4 is 0 Å². The second kappa shape index (κ2) is 18.7. The highest BCUT2D eigenvalue weighted by molar-refractivity contribution is 5.76. The smallest absolute Gasteiger partial charge is 0.345 e. The lowest BCUT2D eigenvalue weighted by atomic mass is 10.0. The summed E-state index contributed by atoms with van der Waals surface area (Å²) in [4.78, 5) is 21.9. The Hall–Kier alpha value is -1.88. The number of ether oxygens (including phenoxy) is 2.